The van der Waals surface area contributed by atoms with E-state index in [-0.39, 0.29) is 23.8 Å². The molecule has 230 valence electrons. The molecule has 0 bridgehead atoms. The Bertz CT molecular complexity index is 1690. The van der Waals surface area contributed by atoms with E-state index in [4.69, 9.17) is 0 Å². The smallest absolute Gasteiger partial charge is 0.264 e. The maximum atomic E-state index is 14.5. The molecule has 0 aromatic heterocycles. The van der Waals surface area contributed by atoms with E-state index in [9.17, 15) is 18.0 Å². The number of benzene rings is 4. The first kappa shape index (κ1) is 33.4. The second-order valence-corrected chi connectivity index (χ2v) is 15.1. The highest BCUT2D eigenvalue weighted by Gasteiger charge is 2.35. The number of carbonyl (C=O) groups is 2. The summed E-state index contributed by atoms with van der Waals surface area (Å²) in [4.78, 5) is 30.0. The number of nitrogens with zero attached hydrogens (tertiary/aromatic N) is 2. The van der Waals surface area contributed by atoms with Gasteiger partial charge in [-0.2, -0.15) is 0 Å². The quantitative estimate of drug-likeness (QED) is 0.180. The van der Waals surface area contributed by atoms with Crippen LogP contribution in [0.2, 0.25) is 0 Å². The predicted molar refractivity (Wildman–Crippen MR) is 182 cm³/mol. The molecule has 1 atom stereocenters. The summed E-state index contributed by atoms with van der Waals surface area (Å²) in [7, 11) is -4.16. The minimum Gasteiger partial charge on any atom is -0.350 e. The second-order valence-electron chi connectivity index (χ2n) is 11.4. The molecule has 10 heteroatoms. The molecule has 4 rings (SSSR count). The maximum Gasteiger partial charge on any atom is 0.264 e. The fourth-order valence-electron chi connectivity index (χ4n) is 4.72. The van der Waals surface area contributed by atoms with Crippen LogP contribution in [-0.4, -0.2) is 43.3 Å². The largest absolute Gasteiger partial charge is 0.350 e. The molecular weight excluding hydrogens is 706 g/mol. The van der Waals surface area contributed by atoms with Crippen molar-refractivity contribution >= 4 is 59.4 Å². The van der Waals surface area contributed by atoms with Crippen LogP contribution < -0.4 is 9.62 Å². The van der Waals surface area contributed by atoms with E-state index >= 15 is 0 Å². The Morgan fingerprint density at radius 1 is 0.773 bits per heavy atom. The van der Waals surface area contributed by atoms with Gasteiger partial charge in [0.15, 0.2) is 0 Å². The number of hydrogen-bond acceptors (Lipinski definition) is 4. The summed E-state index contributed by atoms with van der Waals surface area (Å²) >= 11 is 6.94. The third-order valence-electron chi connectivity index (χ3n) is 6.72. The summed E-state index contributed by atoms with van der Waals surface area (Å²) in [5.74, 6) is -0.848. The maximum absolute atomic E-state index is 14.5. The molecule has 1 N–H and O–H groups in total. The van der Waals surface area contributed by atoms with Crippen molar-refractivity contribution in [3.05, 3.63) is 129 Å². The predicted octanol–water partition coefficient (Wildman–Crippen LogP) is 6.96. The van der Waals surface area contributed by atoms with Gasteiger partial charge in [-0.25, -0.2) is 8.42 Å². The second kappa shape index (κ2) is 14.5. The fraction of sp³-hybridized carbons (Fsp3) is 0.235. The van der Waals surface area contributed by atoms with Crippen molar-refractivity contribution in [1.29, 1.82) is 0 Å². The monoisotopic (exact) mass is 739 g/mol. The van der Waals surface area contributed by atoms with Gasteiger partial charge in [0.25, 0.3) is 10.0 Å². The van der Waals surface area contributed by atoms with Gasteiger partial charge < -0.3 is 10.2 Å². The first-order valence-electron chi connectivity index (χ1n) is 14.1. The van der Waals surface area contributed by atoms with Crippen LogP contribution in [0.15, 0.2) is 123 Å². The lowest BCUT2D eigenvalue weighted by molar-refractivity contribution is -0.140. The van der Waals surface area contributed by atoms with Crippen LogP contribution in [0.25, 0.3) is 0 Å². The highest BCUT2D eigenvalue weighted by molar-refractivity contribution is 9.10. The zero-order chi connectivity index (χ0) is 31.9. The molecule has 2 amide bonds. The SMILES string of the molecule is CC(C)(C)NC(=O)[C@@H](Cc1ccccc1)N(Cc1cccc(Br)c1)C(=O)CN(c1cccc(Br)c1)S(=O)(=O)c1ccccc1. The third-order valence-corrected chi connectivity index (χ3v) is 9.49. The zero-order valence-corrected chi connectivity index (χ0v) is 28.8. The van der Waals surface area contributed by atoms with E-state index in [0.717, 1.165) is 19.9 Å². The van der Waals surface area contributed by atoms with Crippen LogP contribution in [0.1, 0.15) is 31.9 Å². The number of nitrogens with one attached hydrogen (secondary N) is 1. The Hall–Kier alpha value is -3.47. The lowest BCUT2D eigenvalue weighted by Gasteiger charge is -2.35. The highest BCUT2D eigenvalue weighted by Crippen LogP contribution is 2.27. The molecule has 0 saturated carbocycles. The van der Waals surface area contributed by atoms with E-state index < -0.39 is 34.1 Å². The van der Waals surface area contributed by atoms with Gasteiger partial charge in [0.1, 0.15) is 12.6 Å². The Kier molecular flexibility index (Phi) is 11.0. The van der Waals surface area contributed by atoms with E-state index in [0.29, 0.717) is 10.2 Å². The first-order valence-corrected chi connectivity index (χ1v) is 17.1. The summed E-state index contributed by atoms with van der Waals surface area (Å²) in [6.07, 6.45) is 0.241. The van der Waals surface area contributed by atoms with Crippen molar-refractivity contribution in [1.82, 2.24) is 10.2 Å². The van der Waals surface area contributed by atoms with Gasteiger partial charge in [-0.05, 0) is 74.4 Å². The van der Waals surface area contributed by atoms with Gasteiger partial charge in [-0.15, -0.1) is 0 Å². The van der Waals surface area contributed by atoms with E-state index in [1.165, 1.54) is 17.0 Å². The van der Waals surface area contributed by atoms with Crippen molar-refractivity contribution in [2.75, 3.05) is 10.8 Å². The van der Waals surface area contributed by atoms with Crippen molar-refractivity contribution < 1.29 is 18.0 Å². The number of anilines is 1. The summed E-state index contributed by atoms with van der Waals surface area (Å²) in [6, 6.07) is 30.9. The normalized spacial score (nSPS) is 12.3. The lowest BCUT2D eigenvalue weighted by Crippen LogP contribution is -2.56. The Morgan fingerprint density at radius 2 is 1.34 bits per heavy atom. The number of hydrogen-bond donors (Lipinski definition) is 1. The molecule has 0 fully saturated rings. The fourth-order valence-corrected chi connectivity index (χ4v) is 6.98. The summed E-state index contributed by atoms with van der Waals surface area (Å²) in [5.41, 5.74) is 1.41. The Labute approximate surface area is 276 Å². The average Bonchev–Trinajstić information content (AvgIpc) is 2.97. The molecule has 44 heavy (non-hydrogen) atoms. The van der Waals surface area contributed by atoms with Gasteiger partial charge in [-0.3, -0.25) is 13.9 Å². The van der Waals surface area contributed by atoms with Crippen LogP contribution in [0.5, 0.6) is 0 Å². The number of carbonyl (C=O) groups excluding carboxylic acids is 2. The van der Waals surface area contributed by atoms with E-state index in [1.807, 2.05) is 75.4 Å². The topological polar surface area (TPSA) is 86.8 Å². The number of halogens is 2. The molecule has 7 nitrogen and oxygen atoms in total. The minimum absolute atomic E-state index is 0.0534. The van der Waals surface area contributed by atoms with Gasteiger partial charge in [0.05, 0.1) is 10.6 Å². The van der Waals surface area contributed by atoms with Crippen molar-refractivity contribution in [3.8, 4) is 0 Å². The molecule has 0 spiro atoms. The van der Waals surface area contributed by atoms with E-state index in [2.05, 4.69) is 37.2 Å². The van der Waals surface area contributed by atoms with Crippen LogP contribution in [0, 0.1) is 0 Å². The van der Waals surface area contributed by atoms with Crippen molar-refractivity contribution in [2.24, 2.45) is 0 Å². The molecule has 0 saturated heterocycles. The van der Waals surface area contributed by atoms with Gasteiger partial charge in [0.2, 0.25) is 11.8 Å². The van der Waals surface area contributed by atoms with Gasteiger partial charge >= 0.3 is 0 Å². The molecule has 0 unspecified atom stereocenters. The standard InChI is InChI=1S/C34H35Br2N3O4S/c1-34(2,3)37-33(41)31(21-25-12-6-4-7-13-25)38(23-26-14-10-15-27(35)20-26)32(40)24-39(29-17-11-16-28(36)22-29)44(42,43)30-18-8-5-9-19-30/h4-20,22,31H,21,23-24H2,1-3H3,(H,37,41)/t31-/m1/s1. The van der Waals surface area contributed by atoms with Crippen LogP contribution >= 0.6 is 31.9 Å². The summed E-state index contributed by atoms with van der Waals surface area (Å²) < 4.78 is 30.7. The summed E-state index contributed by atoms with van der Waals surface area (Å²) in [5, 5.41) is 3.04. The van der Waals surface area contributed by atoms with E-state index in [1.54, 1.807) is 42.5 Å². The number of sulfonamides is 1. The molecule has 0 aliphatic heterocycles. The van der Waals surface area contributed by atoms with Gasteiger partial charge in [0, 0.05) is 27.4 Å². The molecule has 0 radical (unpaired) electrons. The molecule has 4 aromatic rings. The van der Waals surface area contributed by atoms with Crippen LogP contribution in [-0.2, 0) is 32.6 Å². The molecule has 0 heterocycles. The molecule has 0 aliphatic carbocycles. The minimum atomic E-state index is -4.16. The molecule has 4 aromatic carbocycles. The zero-order valence-electron chi connectivity index (χ0n) is 24.8. The van der Waals surface area contributed by atoms with Crippen LogP contribution in [0.3, 0.4) is 0 Å². The first-order chi connectivity index (χ1) is 20.8. The molecule has 0 aliphatic rings. The van der Waals surface area contributed by atoms with Crippen molar-refractivity contribution in [2.45, 2.75) is 50.2 Å². The Balaban J connectivity index is 1.82. The Morgan fingerprint density at radius 3 is 1.93 bits per heavy atom. The highest BCUT2D eigenvalue weighted by atomic mass is 79.9. The number of amides is 2. The summed E-state index contributed by atoms with van der Waals surface area (Å²) in [6.45, 7) is 5.21. The molecular formula is C34H35Br2N3O4S. The third kappa shape index (κ3) is 9.03. The average molecular weight is 742 g/mol. The number of rotatable bonds is 11. The van der Waals surface area contributed by atoms with Gasteiger partial charge in [-0.1, -0.05) is 98.6 Å². The van der Waals surface area contributed by atoms with Crippen molar-refractivity contribution in [3.63, 3.8) is 0 Å². The lowest BCUT2D eigenvalue weighted by atomic mass is 10.0. The van der Waals surface area contributed by atoms with Crippen LogP contribution in [0.4, 0.5) is 5.69 Å².